The summed E-state index contributed by atoms with van der Waals surface area (Å²) in [6.45, 7) is 5.16. The molecule has 2 aromatic heterocycles. The summed E-state index contributed by atoms with van der Waals surface area (Å²) < 4.78 is 5.64. The average Bonchev–Trinajstić information content (AvgIpc) is 3.38. The van der Waals surface area contributed by atoms with Gasteiger partial charge in [-0.2, -0.15) is 0 Å². The molecule has 1 fully saturated rings. The molecule has 0 radical (unpaired) electrons. The highest BCUT2D eigenvalue weighted by molar-refractivity contribution is 7.09. The second kappa shape index (κ2) is 11.1. The molecule has 0 atom stereocenters. The van der Waals surface area contributed by atoms with E-state index >= 15 is 0 Å². The number of hydrogen-bond acceptors (Lipinski definition) is 7. The lowest BCUT2D eigenvalue weighted by Crippen LogP contribution is -2.41. The van der Waals surface area contributed by atoms with Gasteiger partial charge in [0.25, 0.3) is 17.7 Å². The molecular formula is C25H27N5O4S. The van der Waals surface area contributed by atoms with Gasteiger partial charge in [-0.25, -0.2) is 4.98 Å². The topological polar surface area (TPSA) is 114 Å². The van der Waals surface area contributed by atoms with Crippen LogP contribution in [0.5, 0.6) is 5.75 Å². The first kappa shape index (κ1) is 24.3. The number of hydrazine groups is 1. The molecule has 2 N–H and O–H groups in total. The number of benzene rings is 1. The van der Waals surface area contributed by atoms with Crippen LogP contribution in [0.2, 0.25) is 0 Å². The molecule has 3 amide bonds. The molecule has 3 heterocycles. The van der Waals surface area contributed by atoms with Crippen LogP contribution in [0.25, 0.3) is 0 Å². The Morgan fingerprint density at radius 1 is 1.03 bits per heavy atom. The van der Waals surface area contributed by atoms with Crippen LogP contribution < -0.4 is 15.6 Å². The van der Waals surface area contributed by atoms with Crippen LogP contribution in [0, 0.1) is 0 Å². The van der Waals surface area contributed by atoms with Crippen molar-refractivity contribution in [3.8, 4) is 5.75 Å². The Kier molecular flexibility index (Phi) is 7.71. The molecule has 9 nitrogen and oxygen atoms in total. The van der Waals surface area contributed by atoms with Gasteiger partial charge < -0.3 is 9.64 Å². The van der Waals surface area contributed by atoms with E-state index < -0.39 is 11.8 Å². The zero-order valence-electron chi connectivity index (χ0n) is 19.6. The Bertz CT molecular complexity index is 1170. The lowest BCUT2D eigenvalue weighted by molar-refractivity contribution is 0.0712. The molecule has 0 bridgehead atoms. The number of likely N-dealkylation sites (tertiary alicyclic amines) is 1. The predicted octanol–water partition coefficient (Wildman–Crippen LogP) is 3.42. The van der Waals surface area contributed by atoms with Gasteiger partial charge in [0.1, 0.15) is 11.4 Å². The number of piperidine rings is 1. The Labute approximate surface area is 207 Å². The maximum atomic E-state index is 12.9. The number of rotatable bonds is 6. The molecule has 10 heteroatoms. The zero-order chi connectivity index (χ0) is 24.8. The normalized spacial score (nSPS) is 14.0. The zero-order valence-corrected chi connectivity index (χ0v) is 20.4. The third-order valence-electron chi connectivity index (χ3n) is 5.57. The molecule has 0 spiro atoms. The Morgan fingerprint density at radius 3 is 2.40 bits per heavy atom. The van der Waals surface area contributed by atoms with Gasteiger partial charge in [0.15, 0.2) is 0 Å². The van der Waals surface area contributed by atoms with Crippen molar-refractivity contribution < 1.29 is 19.1 Å². The monoisotopic (exact) mass is 493 g/mol. The van der Waals surface area contributed by atoms with E-state index in [1.807, 2.05) is 30.9 Å². The lowest BCUT2D eigenvalue weighted by Gasteiger charge is -2.31. The molecule has 1 aliphatic heterocycles. The van der Waals surface area contributed by atoms with Crippen LogP contribution in [0.15, 0.2) is 54.2 Å². The first-order valence-electron chi connectivity index (χ1n) is 11.4. The summed E-state index contributed by atoms with van der Waals surface area (Å²) in [6, 6.07) is 10.5. The van der Waals surface area contributed by atoms with Crippen molar-refractivity contribution in [2.75, 3.05) is 13.1 Å². The summed E-state index contributed by atoms with van der Waals surface area (Å²) in [5, 5.41) is 2.54. The third kappa shape index (κ3) is 6.21. The van der Waals surface area contributed by atoms with Gasteiger partial charge in [0, 0.05) is 42.3 Å². The third-order valence-corrected chi connectivity index (χ3v) is 6.58. The maximum Gasteiger partial charge on any atom is 0.289 e. The second-order valence-electron chi connectivity index (χ2n) is 8.48. The number of pyridine rings is 1. The van der Waals surface area contributed by atoms with Crippen LogP contribution in [0.1, 0.15) is 68.8 Å². The van der Waals surface area contributed by atoms with E-state index in [0.29, 0.717) is 24.2 Å². The van der Waals surface area contributed by atoms with Crippen molar-refractivity contribution in [3.63, 3.8) is 0 Å². The smallest absolute Gasteiger partial charge is 0.289 e. The van der Waals surface area contributed by atoms with Gasteiger partial charge in [-0.3, -0.25) is 30.2 Å². The summed E-state index contributed by atoms with van der Waals surface area (Å²) in [6.07, 6.45) is 4.60. The van der Waals surface area contributed by atoms with Crippen molar-refractivity contribution >= 4 is 29.1 Å². The first-order chi connectivity index (χ1) is 16.9. The SMILES string of the molecule is CC(C)Oc1ccc(C(=O)N2CCC(c3nc(C(=O)NNC(=O)c4cccnc4)cs3)CC2)cc1. The van der Waals surface area contributed by atoms with E-state index in [1.54, 1.807) is 35.8 Å². The highest BCUT2D eigenvalue weighted by atomic mass is 32.1. The summed E-state index contributed by atoms with van der Waals surface area (Å²) in [5.74, 6) is -0.0145. The summed E-state index contributed by atoms with van der Waals surface area (Å²) in [4.78, 5) is 47.5. The van der Waals surface area contributed by atoms with Crippen molar-refractivity contribution in [3.05, 3.63) is 76.0 Å². The minimum atomic E-state index is -0.484. The molecule has 0 unspecified atom stereocenters. The quantitative estimate of drug-likeness (QED) is 0.509. The fourth-order valence-electron chi connectivity index (χ4n) is 3.79. The van der Waals surface area contributed by atoms with Gasteiger partial charge in [-0.15, -0.1) is 11.3 Å². The van der Waals surface area contributed by atoms with Crippen molar-refractivity contribution in [1.29, 1.82) is 0 Å². The number of aromatic nitrogens is 2. The minimum absolute atomic E-state index is 0.00288. The van der Waals surface area contributed by atoms with E-state index in [2.05, 4.69) is 20.8 Å². The number of hydrogen-bond donors (Lipinski definition) is 2. The molecule has 35 heavy (non-hydrogen) atoms. The van der Waals surface area contributed by atoms with E-state index in [0.717, 1.165) is 23.6 Å². The highest BCUT2D eigenvalue weighted by Crippen LogP contribution is 2.31. The predicted molar refractivity (Wildman–Crippen MR) is 131 cm³/mol. The largest absolute Gasteiger partial charge is 0.491 e. The summed E-state index contributed by atoms with van der Waals surface area (Å²) >= 11 is 1.42. The number of carbonyl (C=O) groups is 3. The van der Waals surface area contributed by atoms with E-state index in [-0.39, 0.29) is 23.6 Å². The molecule has 0 aliphatic carbocycles. The number of ether oxygens (including phenoxy) is 1. The van der Waals surface area contributed by atoms with Gasteiger partial charge in [-0.05, 0) is 63.1 Å². The molecular weight excluding hydrogens is 466 g/mol. The van der Waals surface area contributed by atoms with Crippen molar-refractivity contribution in [2.45, 2.75) is 38.7 Å². The Morgan fingerprint density at radius 2 is 1.74 bits per heavy atom. The highest BCUT2D eigenvalue weighted by Gasteiger charge is 2.27. The minimum Gasteiger partial charge on any atom is -0.491 e. The molecule has 1 saturated heterocycles. The van der Waals surface area contributed by atoms with Gasteiger partial charge in [0.2, 0.25) is 0 Å². The summed E-state index contributed by atoms with van der Waals surface area (Å²) in [5.41, 5.74) is 5.98. The van der Waals surface area contributed by atoms with Crippen LogP contribution >= 0.6 is 11.3 Å². The fourth-order valence-corrected chi connectivity index (χ4v) is 4.76. The molecule has 1 aromatic carbocycles. The number of nitrogens with zero attached hydrogens (tertiary/aromatic N) is 3. The van der Waals surface area contributed by atoms with E-state index in [9.17, 15) is 14.4 Å². The number of nitrogens with one attached hydrogen (secondary N) is 2. The van der Waals surface area contributed by atoms with Crippen molar-refractivity contribution in [1.82, 2.24) is 25.7 Å². The van der Waals surface area contributed by atoms with E-state index in [4.69, 9.17) is 4.74 Å². The standard InChI is InChI=1S/C25H27N5O4S/c1-16(2)34-20-7-5-18(6-8-20)25(33)30-12-9-17(10-13-30)24-27-21(15-35-24)23(32)29-28-22(31)19-4-3-11-26-14-19/h3-8,11,14-17H,9-10,12-13H2,1-2H3,(H,28,31)(H,29,32). The van der Waals surface area contributed by atoms with Gasteiger partial charge in [0.05, 0.1) is 16.7 Å². The first-order valence-corrected chi connectivity index (χ1v) is 12.3. The number of carbonyl (C=O) groups excluding carboxylic acids is 3. The number of amides is 3. The van der Waals surface area contributed by atoms with Gasteiger partial charge in [-0.1, -0.05) is 0 Å². The molecule has 0 saturated carbocycles. The molecule has 4 rings (SSSR count). The Balaban J connectivity index is 1.27. The fraction of sp³-hybridized carbons (Fsp3) is 0.320. The maximum absolute atomic E-state index is 12.9. The van der Waals surface area contributed by atoms with Crippen molar-refractivity contribution in [2.24, 2.45) is 0 Å². The van der Waals surface area contributed by atoms with Crippen LogP contribution in [-0.2, 0) is 0 Å². The molecule has 1 aliphatic rings. The van der Waals surface area contributed by atoms with Crippen LogP contribution in [-0.4, -0.2) is 51.8 Å². The molecule has 3 aromatic rings. The van der Waals surface area contributed by atoms with Crippen LogP contribution in [0.3, 0.4) is 0 Å². The van der Waals surface area contributed by atoms with E-state index in [1.165, 1.54) is 17.5 Å². The average molecular weight is 494 g/mol. The number of thiazole rings is 1. The van der Waals surface area contributed by atoms with Gasteiger partial charge >= 0.3 is 0 Å². The second-order valence-corrected chi connectivity index (χ2v) is 9.37. The van der Waals surface area contributed by atoms with Crippen LogP contribution in [0.4, 0.5) is 0 Å². The Hall–Kier alpha value is -3.79. The summed E-state index contributed by atoms with van der Waals surface area (Å²) in [7, 11) is 0. The lowest BCUT2D eigenvalue weighted by atomic mass is 9.97. The molecule has 182 valence electrons.